The van der Waals surface area contributed by atoms with Crippen molar-refractivity contribution in [2.75, 3.05) is 23.9 Å². The lowest BCUT2D eigenvalue weighted by Gasteiger charge is -2.18. The Labute approximate surface area is 151 Å². The molecule has 0 saturated carbocycles. The van der Waals surface area contributed by atoms with Crippen molar-refractivity contribution in [3.63, 3.8) is 0 Å². The second-order valence-electron chi connectivity index (χ2n) is 5.53. The van der Waals surface area contributed by atoms with Crippen LogP contribution in [0, 0.1) is 23.0 Å². The van der Waals surface area contributed by atoms with Crippen molar-refractivity contribution in [3.05, 3.63) is 46.3 Å². The van der Waals surface area contributed by atoms with Crippen LogP contribution in [0.4, 0.5) is 19.5 Å². The van der Waals surface area contributed by atoms with Crippen LogP contribution in [0.2, 0.25) is 0 Å². The minimum atomic E-state index is -0.945. The molecule has 134 valence electrons. The van der Waals surface area contributed by atoms with E-state index in [9.17, 15) is 18.4 Å². The molecule has 0 radical (unpaired) electrons. The largest absolute Gasteiger partial charge is 0.465 e. The Morgan fingerprint density at radius 1 is 1.42 bits per heavy atom. The molecule has 1 atom stereocenters. The van der Waals surface area contributed by atoms with Crippen LogP contribution in [0.15, 0.2) is 23.6 Å². The molecule has 0 aliphatic carbocycles. The summed E-state index contributed by atoms with van der Waals surface area (Å²) in [4.78, 5) is 25.8. The minimum absolute atomic E-state index is 0.147. The number of amides is 1. The van der Waals surface area contributed by atoms with Crippen molar-refractivity contribution in [1.29, 1.82) is 5.26 Å². The van der Waals surface area contributed by atoms with E-state index in [1.165, 1.54) is 23.3 Å². The number of anilines is 2. The molecule has 1 amide bonds. The number of thiophene rings is 1. The number of hydrogen-bond acceptors (Lipinski definition) is 6. The third kappa shape index (κ3) is 3.11. The van der Waals surface area contributed by atoms with Gasteiger partial charge in [-0.3, -0.25) is 4.79 Å². The van der Waals surface area contributed by atoms with E-state index < -0.39 is 35.2 Å². The highest BCUT2D eigenvalue weighted by molar-refractivity contribution is 7.14. The van der Waals surface area contributed by atoms with Gasteiger partial charge in [-0.1, -0.05) is 0 Å². The Morgan fingerprint density at radius 3 is 2.73 bits per heavy atom. The maximum absolute atomic E-state index is 14.0. The summed E-state index contributed by atoms with van der Waals surface area (Å²) in [6.45, 7) is 0.292. The number of nitrogens with one attached hydrogen (secondary N) is 1. The van der Waals surface area contributed by atoms with Gasteiger partial charge in [0.05, 0.1) is 24.3 Å². The molecule has 1 unspecified atom stereocenters. The van der Waals surface area contributed by atoms with Crippen LogP contribution in [0.3, 0.4) is 0 Å². The fourth-order valence-electron chi connectivity index (χ4n) is 2.74. The summed E-state index contributed by atoms with van der Waals surface area (Å²) in [5, 5.41) is 13.4. The van der Waals surface area contributed by atoms with Gasteiger partial charge in [-0.15, -0.1) is 11.3 Å². The summed E-state index contributed by atoms with van der Waals surface area (Å²) in [6, 6.07) is 4.17. The zero-order valence-electron chi connectivity index (χ0n) is 13.6. The molecule has 2 aromatic rings. The second-order valence-corrected chi connectivity index (χ2v) is 6.43. The predicted octanol–water partition coefficient (Wildman–Crippen LogP) is 2.90. The number of methoxy groups -OCH3 is 1. The molecule has 1 fully saturated rings. The molecule has 0 bridgehead atoms. The minimum Gasteiger partial charge on any atom is -0.465 e. The Hall–Kier alpha value is -2.99. The third-order valence-electron chi connectivity index (χ3n) is 3.99. The lowest BCUT2D eigenvalue weighted by atomic mass is 10.1. The first-order valence-corrected chi connectivity index (χ1v) is 8.47. The molecule has 2 heterocycles. The molecule has 1 N–H and O–H groups in total. The highest BCUT2D eigenvalue weighted by Crippen LogP contribution is 2.33. The first-order chi connectivity index (χ1) is 12.5. The van der Waals surface area contributed by atoms with Crippen molar-refractivity contribution in [1.82, 2.24) is 0 Å². The maximum Gasteiger partial charge on any atom is 0.340 e. The van der Waals surface area contributed by atoms with Gasteiger partial charge >= 0.3 is 5.97 Å². The zero-order valence-corrected chi connectivity index (χ0v) is 14.4. The van der Waals surface area contributed by atoms with Crippen molar-refractivity contribution < 1.29 is 23.1 Å². The number of benzene rings is 1. The highest BCUT2D eigenvalue weighted by Gasteiger charge is 2.36. The number of hydrogen-bond donors (Lipinski definition) is 1. The summed E-state index contributed by atoms with van der Waals surface area (Å²) in [5.41, 5.74) is -0.336. The lowest BCUT2D eigenvalue weighted by molar-refractivity contribution is -0.117. The van der Waals surface area contributed by atoms with Crippen LogP contribution < -0.4 is 10.2 Å². The van der Waals surface area contributed by atoms with E-state index in [1.54, 1.807) is 17.5 Å². The van der Waals surface area contributed by atoms with Gasteiger partial charge in [-0.05, 0) is 30.0 Å². The second kappa shape index (κ2) is 7.09. The van der Waals surface area contributed by atoms with Crippen LogP contribution in [0.25, 0.3) is 0 Å². The number of nitriles is 1. The van der Waals surface area contributed by atoms with Crippen LogP contribution in [-0.2, 0) is 9.53 Å². The van der Waals surface area contributed by atoms with E-state index in [1.807, 2.05) is 0 Å². The van der Waals surface area contributed by atoms with E-state index >= 15 is 0 Å². The predicted molar refractivity (Wildman–Crippen MR) is 91.1 cm³/mol. The van der Waals surface area contributed by atoms with Gasteiger partial charge < -0.3 is 15.0 Å². The summed E-state index contributed by atoms with van der Waals surface area (Å²) in [7, 11) is 1.25. The smallest absolute Gasteiger partial charge is 0.340 e. The number of nitrogens with zero attached hydrogens (tertiary/aromatic N) is 2. The van der Waals surface area contributed by atoms with Crippen molar-refractivity contribution in [2.24, 2.45) is 0 Å². The maximum atomic E-state index is 14.0. The standard InChI is InChI=1S/C17H13F2N3O3S/c1-25-17(24)10-3-5-26-16(10)22-4-2-13(15(22)23)21-14-11(18)6-9(8-20)7-12(14)19/h3,5-7,13,21H,2,4H2,1H3. The summed E-state index contributed by atoms with van der Waals surface area (Å²) in [6.07, 6.45) is 0.302. The van der Waals surface area contributed by atoms with Crippen LogP contribution in [0.5, 0.6) is 0 Å². The molecule has 9 heteroatoms. The van der Waals surface area contributed by atoms with Gasteiger partial charge in [0.1, 0.15) is 16.7 Å². The zero-order chi connectivity index (χ0) is 18.8. The number of rotatable bonds is 4. The molecule has 1 aromatic carbocycles. The number of halogens is 2. The number of esters is 1. The van der Waals surface area contributed by atoms with Gasteiger partial charge in [0, 0.05) is 6.54 Å². The van der Waals surface area contributed by atoms with Gasteiger partial charge in [0.2, 0.25) is 5.91 Å². The van der Waals surface area contributed by atoms with Crippen LogP contribution in [-0.4, -0.2) is 31.6 Å². The Bertz CT molecular complexity index is 899. The first-order valence-electron chi connectivity index (χ1n) is 7.59. The molecule has 1 saturated heterocycles. The van der Waals surface area contributed by atoms with Gasteiger partial charge in [0.15, 0.2) is 11.6 Å². The number of carbonyl (C=O) groups excluding carboxylic acids is 2. The molecular weight excluding hydrogens is 364 g/mol. The average Bonchev–Trinajstić information content (AvgIpc) is 3.24. The van der Waals surface area contributed by atoms with Crippen LogP contribution >= 0.6 is 11.3 Å². The number of carbonyl (C=O) groups is 2. The SMILES string of the molecule is COC(=O)c1ccsc1N1CCC(Nc2c(F)cc(C#N)cc2F)C1=O. The van der Waals surface area contributed by atoms with Crippen LogP contribution in [0.1, 0.15) is 22.3 Å². The van der Waals surface area contributed by atoms with Gasteiger partial charge in [-0.25, -0.2) is 13.6 Å². The third-order valence-corrected chi connectivity index (χ3v) is 4.93. The lowest BCUT2D eigenvalue weighted by Crippen LogP contribution is -2.34. The van der Waals surface area contributed by atoms with Crippen molar-refractivity contribution in [2.45, 2.75) is 12.5 Å². The normalized spacial score (nSPS) is 16.5. The Morgan fingerprint density at radius 2 is 2.12 bits per heavy atom. The Balaban J connectivity index is 1.82. The van der Waals surface area contributed by atoms with Gasteiger partial charge in [0.25, 0.3) is 0 Å². The van der Waals surface area contributed by atoms with E-state index in [-0.39, 0.29) is 11.1 Å². The van der Waals surface area contributed by atoms with Crippen molar-refractivity contribution in [3.8, 4) is 6.07 Å². The highest BCUT2D eigenvalue weighted by atomic mass is 32.1. The molecule has 1 aliphatic heterocycles. The molecule has 0 spiro atoms. The summed E-state index contributed by atoms with van der Waals surface area (Å²) >= 11 is 1.21. The van der Waals surface area contributed by atoms with E-state index in [0.29, 0.717) is 18.0 Å². The molecular formula is C17H13F2N3O3S. The van der Waals surface area contributed by atoms with Crippen molar-refractivity contribution >= 4 is 33.9 Å². The monoisotopic (exact) mass is 377 g/mol. The summed E-state index contributed by atoms with van der Waals surface area (Å²) in [5.74, 6) is -2.85. The van der Waals surface area contributed by atoms with Gasteiger partial charge in [-0.2, -0.15) is 5.26 Å². The quantitative estimate of drug-likeness (QED) is 0.829. The van der Waals surface area contributed by atoms with E-state index in [0.717, 1.165) is 12.1 Å². The number of ether oxygens (including phenoxy) is 1. The molecule has 1 aromatic heterocycles. The fourth-order valence-corrected chi connectivity index (χ4v) is 3.66. The fraction of sp³-hybridized carbons (Fsp3) is 0.235. The molecule has 6 nitrogen and oxygen atoms in total. The Kier molecular flexibility index (Phi) is 4.86. The molecule has 3 rings (SSSR count). The van der Waals surface area contributed by atoms with E-state index in [2.05, 4.69) is 5.32 Å². The van der Waals surface area contributed by atoms with E-state index in [4.69, 9.17) is 10.00 Å². The first kappa shape index (κ1) is 17.8. The summed E-state index contributed by atoms with van der Waals surface area (Å²) < 4.78 is 32.7. The average molecular weight is 377 g/mol. The topological polar surface area (TPSA) is 82.4 Å². The molecule has 26 heavy (non-hydrogen) atoms. The molecule has 1 aliphatic rings.